The molecular formula is C23H26N4O3. The van der Waals surface area contributed by atoms with Crippen LogP contribution in [-0.2, 0) is 0 Å². The molecular weight excluding hydrogens is 380 g/mol. The van der Waals surface area contributed by atoms with E-state index in [1.165, 1.54) is 0 Å². The van der Waals surface area contributed by atoms with Gasteiger partial charge in [0.2, 0.25) is 0 Å². The Labute approximate surface area is 176 Å². The van der Waals surface area contributed by atoms with E-state index >= 15 is 0 Å². The van der Waals surface area contributed by atoms with Gasteiger partial charge in [-0.05, 0) is 31.3 Å². The van der Waals surface area contributed by atoms with Gasteiger partial charge in [0.05, 0.1) is 31.0 Å². The van der Waals surface area contributed by atoms with Crippen LogP contribution in [0.1, 0.15) is 10.4 Å². The molecule has 4 rings (SSSR count). The summed E-state index contributed by atoms with van der Waals surface area (Å²) in [5.74, 6) is 1.21. The zero-order valence-electron chi connectivity index (χ0n) is 17.5. The van der Waals surface area contributed by atoms with Crippen molar-refractivity contribution >= 4 is 16.8 Å². The Morgan fingerprint density at radius 1 is 1.00 bits per heavy atom. The predicted molar refractivity (Wildman–Crippen MR) is 117 cm³/mol. The van der Waals surface area contributed by atoms with Gasteiger partial charge in [0, 0.05) is 43.2 Å². The molecule has 3 aromatic rings. The number of carbonyl (C=O) groups is 1. The van der Waals surface area contributed by atoms with Gasteiger partial charge in [-0.2, -0.15) is 0 Å². The molecule has 1 saturated heterocycles. The molecule has 0 bridgehead atoms. The lowest BCUT2D eigenvalue weighted by atomic mass is 10.0. The Morgan fingerprint density at radius 2 is 1.77 bits per heavy atom. The molecule has 156 valence electrons. The highest BCUT2D eigenvalue weighted by Crippen LogP contribution is 2.34. The van der Waals surface area contributed by atoms with Crippen molar-refractivity contribution in [2.75, 3.05) is 47.4 Å². The minimum Gasteiger partial charge on any atom is -0.497 e. The quantitative estimate of drug-likeness (QED) is 0.703. The van der Waals surface area contributed by atoms with Crippen LogP contribution < -0.4 is 14.9 Å². The zero-order chi connectivity index (χ0) is 21.1. The summed E-state index contributed by atoms with van der Waals surface area (Å²) in [6.45, 7) is 3.44. The number of hydrogen-bond acceptors (Lipinski definition) is 6. The van der Waals surface area contributed by atoms with E-state index in [9.17, 15) is 4.79 Å². The third kappa shape index (κ3) is 4.08. The molecule has 0 atom stereocenters. The number of likely N-dealkylation sites (N-methyl/N-ethyl adjacent to an activating group) is 1. The van der Waals surface area contributed by atoms with E-state index < -0.39 is 0 Å². The highest BCUT2D eigenvalue weighted by molar-refractivity contribution is 6.07. The Morgan fingerprint density at radius 3 is 2.50 bits per heavy atom. The number of aromatic nitrogens is 1. The minimum atomic E-state index is -0.133. The van der Waals surface area contributed by atoms with Crippen LogP contribution in [0.15, 0.2) is 48.5 Å². The van der Waals surface area contributed by atoms with Gasteiger partial charge >= 0.3 is 0 Å². The van der Waals surface area contributed by atoms with Crippen LogP contribution in [0.5, 0.6) is 11.5 Å². The lowest BCUT2D eigenvalue weighted by Gasteiger charge is -2.32. The molecule has 7 heteroatoms. The average molecular weight is 406 g/mol. The molecule has 7 nitrogen and oxygen atoms in total. The minimum absolute atomic E-state index is 0.133. The van der Waals surface area contributed by atoms with E-state index in [2.05, 4.69) is 17.4 Å². The normalized spacial score (nSPS) is 15.2. The molecule has 1 N–H and O–H groups in total. The molecule has 1 aliphatic heterocycles. The van der Waals surface area contributed by atoms with Crippen molar-refractivity contribution in [2.45, 2.75) is 0 Å². The van der Waals surface area contributed by atoms with Crippen LogP contribution in [0, 0.1) is 0 Å². The fraction of sp³-hybridized carbons (Fsp3) is 0.304. The molecule has 1 aromatic heterocycles. The lowest BCUT2D eigenvalue weighted by molar-refractivity contribution is 0.0664. The van der Waals surface area contributed by atoms with Crippen molar-refractivity contribution in [1.82, 2.24) is 20.3 Å². The van der Waals surface area contributed by atoms with Crippen molar-refractivity contribution in [3.8, 4) is 22.8 Å². The van der Waals surface area contributed by atoms with E-state index in [0.29, 0.717) is 22.8 Å². The van der Waals surface area contributed by atoms with Gasteiger partial charge in [0.15, 0.2) is 0 Å². The SMILES string of the molecule is COc1ccc(-c2cc(C(=O)NN3CCN(C)CC3)c3ccccc3n2)c(OC)c1. The monoisotopic (exact) mass is 406 g/mol. The van der Waals surface area contributed by atoms with Crippen molar-refractivity contribution in [3.63, 3.8) is 0 Å². The summed E-state index contributed by atoms with van der Waals surface area (Å²) < 4.78 is 10.9. The highest BCUT2D eigenvalue weighted by atomic mass is 16.5. The molecule has 0 radical (unpaired) electrons. The van der Waals surface area contributed by atoms with Crippen LogP contribution in [-0.4, -0.2) is 68.2 Å². The maximum absolute atomic E-state index is 13.2. The molecule has 2 heterocycles. The van der Waals surface area contributed by atoms with Crippen LogP contribution in [0.2, 0.25) is 0 Å². The number of fused-ring (bicyclic) bond motifs is 1. The van der Waals surface area contributed by atoms with Gasteiger partial charge in [0.25, 0.3) is 5.91 Å². The number of amides is 1. The summed E-state index contributed by atoms with van der Waals surface area (Å²) in [4.78, 5) is 20.2. The number of nitrogens with zero attached hydrogens (tertiary/aromatic N) is 3. The molecule has 1 fully saturated rings. The molecule has 0 saturated carbocycles. The van der Waals surface area contributed by atoms with Crippen LogP contribution in [0.25, 0.3) is 22.2 Å². The number of pyridine rings is 1. The molecule has 0 unspecified atom stereocenters. The fourth-order valence-electron chi connectivity index (χ4n) is 3.63. The van der Waals surface area contributed by atoms with Crippen LogP contribution in [0.4, 0.5) is 0 Å². The van der Waals surface area contributed by atoms with Gasteiger partial charge in [0.1, 0.15) is 11.5 Å². The molecule has 30 heavy (non-hydrogen) atoms. The van der Waals surface area contributed by atoms with Crippen molar-refractivity contribution in [2.24, 2.45) is 0 Å². The number of hydrogen-bond donors (Lipinski definition) is 1. The van der Waals surface area contributed by atoms with Crippen molar-refractivity contribution < 1.29 is 14.3 Å². The molecule has 1 amide bonds. The number of carbonyl (C=O) groups excluding carboxylic acids is 1. The molecule has 1 aliphatic rings. The average Bonchev–Trinajstić information content (AvgIpc) is 2.79. The third-order valence-corrected chi connectivity index (χ3v) is 5.41. The van der Waals surface area contributed by atoms with Gasteiger partial charge < -0.3 is 14.4 Å². The topological polar surface area (TPSA) is 66.9 Å². The maximum atomic E-state index is 13.2. The Bertz CT molecular complexity index is 1060. The van der Waals surface area contributed by atoms with Crippen molar-refractivity contribution in [3.05, 3.63) is 54.1 Å². The maximum Gasteiger partial charge on any atom is 0.266 e. The lowest BCUT2D eigenvalue weighted by Crippen LogP contribution is -2.52. The second-order valence-electron chi connectivity index (χ2n) is 7.37. The summed E-state index contributed by atoms with van der Waals surface area (Å²) in [5, 5.41) is 2.80. The number of methoxy groups -OCH3 is 2. The van der Waals surface area contributed by atoms with Crippen LogP contribution >= 0.6 is 0 Å². The second-order valence-corrected chi connectivity index (χ2v) is 7.37. The first kappa shape index (κ1) is 20.1. The molecule has 0 aliphatic carbocycles. The summed E-state index contributed by atoms with van der Waals surface area (Å²) in [6, 6.07) is 15.1. The molecule has 2 aromatic carbocycles. The number of para-hydroxylation sites is 1. The number of nitrogens with one attached hydrogen (secondary N) is 1. The van der Waals surface area contributed by atoms with E-state index in [-0.39, 0.29) is 5.91 Å². The number of piperazine rings is 1. The number of ether oxygens (including phenoxy) is 2. The van der Waals surface area contributed by atoms with E-state index in [0.717, 1.165) is 42.6 Å². The van der Waals surface area contributed by atoms with Gasteiger partial charge in [-0.1, -0.05) is 18.2 Å². The Hall–Kier alpha value is -3.16. The fourth-order valence-corrected chi connectivity index (χ4v) is 3.63. The largest absolute Gasteiger partial charge is 0.497 e. The second kappa shape index (κ2) is 8.69. The summed E-state index contributed by atoms with van der Waals surface area (Å²) >= 11 is 0. The predicted octanol–water partition coefficient (Wildman–Crippen LogP) is 2.81. The van der Waals surface area contributed by atoms with Crippen LogP contribution in [0.3, 0.4) is 0 Å². The summed E-state index contributed by atoms with van der Waals surface area (Å²) in [6.07, 6.45) is 0. The van der Waals surface area contributed by atoms with Gasteiger partial charge in [-0.25, -0.2) is 9.99 Å². The van der Waals surface area contributed by atoms with E-state index in [1.807, 2.05) is 53.5 Å². The number of hydrazine groups is 1. The summed E-state index contributed by atoms with van der Waals surface area (Å²) in [7, 11) is 5.31. The Balaban J connectivity index is 1.74. The smallest absolute Gasteiger partial charge is 0.266 e. The van der Waals surface area contributed by atoms with E-state index in [4.69, 9.17) is 14.5 Å². The standard InChI is InChI=1S/C23H26N4O3/c1-26-10-12-27(13-11-26)25-23(28)19-15-21(24-20-7-5-4-6-17(19)20)18-9-8-16(29-2)14-22(18)30-3/h4-9,14-15H,10-13H2,1-3H3,(H,25,28). The van der Waals surface area contributed by atoms with Gasteiger partial charge in [-0.15, -0.1) is 0 Å². The highest BCUT2D eigenvalue weighted by Gasteiger charge is 2.20. The number of rotatable bonds is 5. The van der Waals surface area contributed by atoms with E-state index in [1.54, 1.807) is 14.2 Å². The Kier molecular flexibility index (Phi) is 5.83. The first-order valence-electron chi connectivity index (χ1n) is 9.95. The number of benzene rings is 2. The first-order chi connectivity index (χ1) is 14.6. The third-order valence-electron chi connectivity index (χ3n) is 5.41. The van der Waals surface area contributed by atoms with Gasteiger partial charge in [-0.3, -0.25) is 10.2 Å². The molecule has 0 spiro atoms. The summed E-state index contributed by atoms with van der Waals surface area (Å²) in [5.41, 5.74) is 5.89. The zero-order valence-corrected chi connectivity index (χ0v) is 17.5. The van der Waals surface area contributed by atoms with Crippen molar-refractivity contribution in [1.29, 1.82) is 0 Å². The first-order valence-corrected chi connectivity index (χ1v) is 9.95.